The number of para-hydroxylation sites is 1. The lowest BCUT2D eigenvalue weighted by Gasteiger charge is -2.15. The lowest BCUT2D eigenvalue weighted by molar-refractivity contribution is -0.111. The van der Waals surface area contributed by atoms with Gasteiger partial charge in [0.1, 0.15) is 5.82 Å². The van der Waals surface area contributed by atoms with Gasteiger partial charge >= 0.3 is 0 Å². The second kappa shape index (κ2) is 8.00. The third kappa shape index (κ3) is 3.65. The van der Waals surface area contributed by atoms with Crippen molar-refractivity contribution in [3.63, 3.8) is 0 Å². The summed E-state index contributed by atoms with van der Waals surface area (Å²) in [6, 6.07) is 9.58. The van der Waals surface area contributed by atoms with Crippen molar-refractivity contribution in [1.82, 2.24) is 14.5 Å². The molecule has 1 amide bonds. The number of nitrogens with one attached hydrogen (secondary N) is 2. The van der Waals surface area contributed by atoms with Crippen molar-refractivity contribution in [2.75, 3.05) is 17.7 Å². The molecule has 0 saturated heterocycles. The molecule has 3 heterocycles. The highest BCUT2D eigenvalue weighted by molar-refractivity contribution is 7.15. The second-order valence-electron chi connectivity index (χ2n) is 6.70. The molecule has 152 valence electrons. The minimum atomic E-state index is -0.308. The monoisotopic (exact) mass is 419 g/mol. The van der Waals surface area contributed by atoms with Crippen molar-refractivity contribution < 1.29 is 9.53 Å². The van der Waals surface area contributed by atoms with E-state index in [1.165, 1.54) is 6.08 Å². The van der Waals surface area contributed by atoms with Crippen LogP contribution in [0.3, 0.4) is 0 Å². The number of methoxy groups -OCH3 is 1. The van der Waals surface area contributed by atoms with Crippen LogP contribution in [0.5, 0.6) is 5.75 Å². The number of aryl methyl sites for hydroxylation is 2. The average molecular weight is 420 g/mol. The van der Waals surface area contributed by atoms with E-state index in [0.717, 1.165) is 32.2 Å². The molecular weight excluding hydrogens is 398 g/mol. The fraction of sp³-hybridized carbons (Fsp3) is 0.136. The fourth-order valence-electron chi connectivity index (χ4n) is 3.28. The summed E-state index contributed by atoms with van der Waals surface area (Å²) in [5.41, 5.74) is 3.09. The summed E-state index contributed by atoms with van der Waals surface area (Å²) < 4.78 is 7.70. The van der Waals surface area contributed by atoms with E-state index in [1.54, 1.807) is 24.5 Å². The van der Waals surface area contributed by atoms with E-state index in [4.69, 9.17) is 9.72 Å². The lowest BCUT2D eigenvalue weighted by Crippen LogP contribution is -2.09. The molecule has 30 heavy (non-hydrogen) atoms. The van der Waals surface area contributed by atoms with Gasteiger partial charge in [-0.1, -0.05) is 12.6 Å². The molecule has 0 saturated carbocycles. The van der Waals surface area contributed by atoms with E-state index in [0.29, 0.717) is 17.3 Å². The molecule has 4 rings (SSSR count). The van der Waals surface area contributed by atoms with Crippen molar-refractivity contribution in [2.24, 2.45) is 7.05 Å². The number of thiazole rings is 1. The predicted molar refractivity (Wildman–Crippen MR) is 122 cm³/mol. The summed E-state index contributed by atoms with van der Waals surface area (Å²) in [5, 5.41) is 7.84. The lowest BCUT2D eigenvalue weighted by atomic mass is 10.1. The molecule has 1 aromatic carbocycles. The molecule has 8 heteroatoms. The van der Waals surface area contributed by atoms with Crippen LogP contribution in [0.25, 0.3) is 22.2 Å². The highest BCUT2D eigenvalue weighted by Crippen LogP contribution is 2.40. The number of anilines is 3. The summed E-state index contributed by atoms with van der Waals surface area (Å²) in [4.78, 5) is 22.2. The first-order chi connectivity index (χ1) is 14.5. The molecule has 4 aromatic rings. The van der Waals surface area contributed by atoms with Crippen LogP contribution >= 0.6 is 11.3 Å². The van der Waals surface area contributed by atoms with Crippen LogP contribution in [0, 0.1) is 6.92 Å². The molecule has 2 N–H and O–H groups in total. The van der Waals surface area contributed by atoms with Gasteiger partial charge in [0.15, 0.2) is 10.9 Å². The van der Waals surface area contributed by atoms with E-state index in [1.807, 2.05) is 55.2 Å². The van der Waals surface area contributed by atoms with Gasteiger partial charge in [-0.2, -0.15) is 0 Å². The minimum Gasteiger partial charge on any atom is -0.494 e. The van der Waals surface area contributed by atoms with Crippen LogP contribution in [0.2, 0.25) is 0 Å². The van der Waals surface area contributed by atoms with E-state index < -0.39 is 0 Å². The quantitative estimate of drug-likeness (QED) is 0.435. The van der Waals surface area contributed by atoms with Crippen LogP contribution in [0.1, 0.15) is 4.88 Å². The van der Waals surface area contributed by atoms with Gasteiger partial charge in [0.25, 0.3) is 0 Å². The average Bonchev–Trinajstić information content (AvgIpc) is 3.32. The highest BCUT2D eigenvalue weighted by atomic mass is 32.1. The van der Waals surface area contributed by atoms with Crippen LogP contribution in [0.15, 0.2) is 55.4 Å². The summed E-state index contributed by atoms with van der Waals surface area (Å²) in [6.07, 6.45) is 5.03. The maximum Gasteiger partial charge on any atom is 0.247 e. The number of rotatable bonds is 6. The number of carbonyl (C=O) groups is 1. The largest absolute Gasteiger partial charge is 0.494 e. The fourth-order valence-corrected chi connectivity index (χ4v) is 3.95. The van der Waals surface area contributed by atoms with Gasteiger partial charge in [-0.3, -0.25) is 4.79 Å². The molecule has 0 unspecified atom stereocenters. The van der Waals surface area contributed by atoms with Gasteiger partial charge in [0.05, 0.1) is 24.0 Å². The SMILES string of the molecule is C=CC(=O)Nc1cccc(-c2nc(Nc3ncc(C)s3)cc3c2ccn3C)c1OC. The second-order valence-corrected chi connectivity index (χ2v) is 7.93. The summed E-state index contributed by atoms with van der Waals surface area (Å²) in [7, 11) is 3.56. The molecule has 3 aromatic heterocycles. The van der Waals surface area contributed by atoms with Gasteiger partial charge in [-0.25, -0.2) is 9.97 Å². The number of hydrogen-bond acceptors (Lipinski definition) is 6. The molecule has 0 aliphatic rings. The number of pyridine rings is 1. The first-order valence-electron chi connectivity index (χ1n) is 9.26. The van der Waals surface area contributed by atoms with E-state index in [9.17, 15) is 4.79 Å². The molecule has 0 radical (unpaired) electrons. The number of carbonyl (C=O) groups excluding carboxylic acids is 1. The van der Waals surface area contributed by atoms with Crippen molar-refractivity contribution in [2.45, 2.75) is 6.92 Å². The summed E-state index contributed by atoms with van der Waals surface area (Å²) >= 11 is 1.56. The van der Waals surface area contributed by atoms with Gasteiger partial charge in [0.2, 0.25) is 5.91 Å². The van der Waals surface area contributed by atoms with Gasteiger partial charge in [-0.15, -0.1) is 11.3 Å². The number of benzene rings is 1. The number of hydrogen-bond donors (Lipinski definition) is 2. The smallest absolute Gasteiger partial charge is 0.247 e. The Morgan fingerprint density at radius 2 is 2.17 bits per heavy atom. The zero-order chi connectivity index (χ0) is 21.3. The predicted octanol–water partition coefficient (Wildman–Crippen LogP) is 4.88. The van der Waals surface area contributed by atoms with Crippen LogP contribution in [0.4, 0.5) is 16.6 Å². The molecule has 0 fully saturated rings. The van der Waals surface area contributed by atoms with Crippen LogP contribution in [-0.4, -0.2) is 27.6 Å². The topological polar surface area (TPSA) is 81.1 Å². The minimum absolute atomic E-state index is 0.308. The maximum absolute atomic E-state index is 11.9. The Kier molecular flexibility index (Phi) is 5.24. The Hall–Kier alpha value is -3.65. The Morgan fingerprint density at radius 3 is 2.87 bits per heavy atom. The highest BCUT2D eigenvalue weighted by Gasteiger charge is 2.18. The molecule has 0 bridgehead atoms. The van der Waals surface area contributed by atoms with Crippen LogP contribution < -0.4 is 15.4 Å². The van der Waals surface area contributed by atoms with Gasteiger partial charge in [-0.05, 0) is 31.2 Å². The normalized spacial score (nSPS) is 10.8. The zero-order valence-corrected chi connectivity index (χ0v) is 17.7. The van der Waals surface area contributed by atoms with Gasteiger partial charge in [0, 0.05) is 41.3 Å². The summed E-state index contributed by atoms with van der Waals surface area (Å²) in [6.45, 7) is 5.52. The first-order valence-corrected chi connectivity index (χ1v) is 10.1. The Morgan fingerprint density at radius 1 is 1.33 bits per heavy atom. The van der Waals surface area contributed by atoms with Crippen LogP contribution in [-0.2, 0) is 11.8 Å². The number of nitrogens with zero attached hydrogens (tertiary/aromatic N) is 3. The van der Waals surface area contributed by atoms with Crippen molar-refractivity contribution in [1.29, 1.82) is 0 Å². The Bertz CT molecular complexity index is 1260. The molecule has 0 aliphatic carbocycles. The zero-order valence-electron chi connectivity index (χ0n) is 16.9. The van der Waals surface area contributed by atoms with E-state index >= 15 is 0 Å². The molecule has 0 aliphatic heterocycles. The Labute approximate surface area is 178 Å². The van der Waals surface area contributed by atoms with Crippen molar-refractivity contribution in [3.8, 4) is 17.0 Å². The summed E-state index contributed by atoms with van der Waals surface area (Å²) in [5.74, 6) is 0.904. The van der Waals surface area contributed by atoms with E-state index in [-0.39, 0.29) is 5.91 Å². The molecule has 0 spiro atoms. The molecule has 7 nitrogen and oxygen atoms in total. The number of fused-ring (bicyclic) bond motifs is 1. The number of aromatic nitrogens is 3. The van der Waals surface area contributed by atoms with E-state index in [2.05, 4.69) is 22.2 Å². The molecular formula is C22H21N5O2S. The Balaban J connectivity index is 1.88. The van der Waals surface area contributed by atoms with Crippen molar-refractivity contribution >= 4 is 44.8 Å². The standard InChI is InChI=1S/C22H21N5O2S/c1-5-19(28)24-16-8-6-7-15(21(16)29-4)20-14-9-10-27(3)17(14)11-18(25-20)26-22-23-12-13(2)30-22/h5-12H,1H2,2-4H3,(H,24,28)(H,23,25,26). The maximum atomic E-state index is 11.9. The van der Waals surface area contributed by atoms with Gasteiger partial charge < -0.3 is 19.9 Å². The third-order valence-corrected chi connectivity index (χ3v) is 5.48. The third-order valence-electron chi connectivity index (χ3n) is 4.66. The number of ether oxygens (including phenoxy) is 1. The molecule has 0 atom stereocenters. The number of amides is 1. The first kappa shape index (κ1) is 19.7. The van der Waals surface area contributed by atoms with Crippen molar-refractivity contribution in [3.05, 3.63) is 60.3 Å².